The minimum absolute atomic E-state index is 0.589. The Morgan fingerprint density at radius 2 is 2.18 bits per heavy atom. The Bertz CT molecular complexity index is 394. The van der Waals surface area contributed by atoms with Gasteiger partial charge in [0.1, 0.15) is 0 Å². The molecule has 92 valence electrons. The number of halogens is 1. The summed E-state index contributed by atoms with van der Waals surface area (Å²) in [7, 11) is 0. The topological polar surface area (TPSA) is 16.1 Å². The van der Waals surface area contributed by atoms with Crippen LogP contribution in [0, 0.1) is 5.92 Å². The summed E-state index contributed by atoms with van der Waals surface area (Å²) in [5, 5.41) is 0. The molecular weight excluding hydrogens is 232 g/mol. The smallest absolute Gasteiger partial charge is 0.0600 e. The highest BCUT2D eigenvalue weighted by molar-refractivity contribution is 6.17. The van der Waals surface area contributed by atoms with Crippen molar-refractivity contribution in [3.8, 4) is 0 Å². The molecule has 1 aromatic rings. The number of pyridine rings is 1. The zero-order valence-corrected chi connectivity index (χ0v) is 10.9. The highest BCUT2D eigenvalue weighted by atomic mass is 35.5. The second kappa shape index (κ2) is 4.85. The van der Waals surface area contributed by atoms with E-state index in [1.54, 1.807) is 0 Å². The van der Waals surface area contributed by atoms with Crippen molar-refractivity contribution in [2.45, 2.75) is 44.0 Å². The van der Waals surface area contributed by atoms with Crippen LogP contribution in [0.15, 0.2) is 18.5 Å². The van der Waals surface area contributed by atoms with Gasteiger partial charge < -0.3 is 4.90 Å². The van der Waals surface area contributed by atoms with Crippen molar-refractivity contribution in [2.24, 2.45) is 5.92 Å². The van der Waals surface area contributed by atoms with Crippen molar-refractivity contribution in [1.82, 2.24) is 4.98 Å². The molecule has 2 unspecified atom stereocenters. The quantitative estimate of drug-likeness (QED) is 0.746. The maximum atomic E-state index is 6.04. The van der Waals surface area contributed by atoms with Crippen molar-refractivity contribution >= 4 is 17.3 Å². The third kappa shape index (κ3) is 2.03. The van der Waals surface area contributed by atoms with E-state index in [2.05, 4.69) is 16.0 Å². The van der Waals surface area contributed by atoms with E-state index in [-0.39, 0.29) is 0 Å². The van der Waals surface area contributed by atoms with E-state index in [9.17, 15) is 0 Å². The summed E-state index contributed by atoms with van der Waals surface area (Å²) in [5.41, 5.74) is 2.51. The van der Waals surface area contributed by atoms with Gasteiger partial charge in [0.05, 0.1) is 11.9 Å². The van der Waals surface area contributed by atoms with Crippen molar-refractivity contribution < 1.29 is 0 Å². The number of rotatable bonds is 2. The van der Waals surface area contributed by atoms with Gasteiger partial charge in [-0.15, -0.1) is 11.6 Å². The van der Waals surface area contributed by atoms with Crippen LogP contribution in [0.25, 0.3) is 0 Å². The number of hydrogen-bond donors (Lipinski definition) is 0. The molecule has 2 heterocycles. The van der Waals surface area contributed by atoms with Gasteiger partial charge >= 0.3 is 0 Å². The first-order valence-electron chi connectivity index (χ1n) is 6.65. The molecule has 2 atom stereocenters. The van der Waals surface area contributed by atoms with E-state index in [0.717, 1.165) is 12.0 Å². The third-order valence-corrected chi connectivity index (χ3v) is 4.62. The van der Waals surface area contributed by atoms with Gasteiger partial charge in [-0.2, -0.15) is 0 Å². The van der Waals surface area contributed by atoms with Gasteiger partial charge in [-0.3, -0.25) is 4.98 Å². The Morgan fingerprint density at radius 1 is 1.29 bits per heavy atom. The summed E-state index contributed by atoms with van der Waals surface area (Å²) in [4.78, 5) is 6.86. The molecule has 1 saturated heterocycles. The molecule has 3 rings (SSSR count). The van der Waals surface area contributed by atoms with Gasteiger partial charge in [0.15, 0.2) is 0 Å². The number of piperidine rings is 1. The van der Waals surface area contributed by atoms with Crippen molar-refractivity contribution in [1.29, 1.82) is 0 Å². The Kier molecular flexibility index (Phi) is 3.24. The van der Waals surface area contributed by atoms with Gasteiger partial charge in [0, 0.05) is 24.7 Å². The van der Waals surface area contributed by atoms with Gasteiger partial charge in [-0.25, -0.2) is 0 Å². The van der Waals surface area contributed by atoms with Crippen LogP contribution >= 0.6 is 11.6 Å². The Labute approximate surface area is 108 Å². The van der Waals surface area contributed by atoms with Gasteiger partial charge in [-0.05, 0) is 43.2 Å². The summed E-state index contributed by atoms with van der Waals surface area (Å²) in [6, 6.07) is 2.80. The molecular formula is C14H19ClN2. The molecule has 0 spiro atoms. The van der Waals surface area contributed by atoms with Crippen LogP contribution in [0.4, 0.5) is 5.69 Å². The molecule has 1 aliphatic heterocycles. The molecule has 2 fully saturated rings. The highest BCUT2D eigenvalue weighted by Crippen LogP contribution is 2.39. The zero-order valence-electron chi connectivity index (χ0n) is 10.1. The number of aromatic nitrogens is 1. The summed E-state index contributed by atoms with van der Waals surface area (Å²) in [6.45, 7) is 1.18. The number of nitrogens with zero attached hydrogens (tertiary/aromatic N) is 2. The SMILES string of the molecule is ClCc1ccncc1N1CCCC2CCCC21. The lowest BCUT2D eigenvalue weighted by atomic mass is 9.91. The second-order valence-electron chi connectivity index (χ2n) is 5.23. The van der Waals surface area contributed by atoms with Gasteiger partial charge in [0.25, 0.3) is 0 Å². The molecule has 0 aromatic carbocycles. The monoisotopic (exact) mass is 250 g/mol. The molecule has 2 nitrogen and oxygen atoms in total. The van der Waals surface area contributed by atoms with E-state index >= 15 is 0 Å². The molecule has 1 aromatic heterocycles. The number of hydrogen-bond acceptors (Lipinski definition) is 2. The van der Waals surface area contributed by atoms with Crippen LogP contribution in [0.1, 0.15) is 37.7 Å². The number of alkyl halides is 1. The van der Waals surface area contributed by atoms with Gasteiger partial charge in [0.2, 0.25) is 0 Å². The van der Waals surface area contributed by atoms with Crippen molar-refractivity contribution in [2.75, 3.05) is 11.4 Å². The second-order valence-corrected chi connectivity index (χ2v) is 5.50. The summed E-state index contributed by atoms with van der Waals surface area (Å²) in [6.07, 6.45) is 10.7. The largest absolute Gasteiger partial charge is 0.367 e. The van der Waals surface area contributed by atoms with Crippen LogP contribution < -0.4 is 4.90 Å². The van der Waals surface area contributed by atoms with Crippen molar-refractivity contribution in [3.05, 3.63) is 24.0 Å². The minimum Gasteiger partial charge on any atom is -0.367 e. The normalized spacial score (nSPS) is 28.2. The molecule has 2 aliphatic rings. The first-order valence-corrected chi connectivity index (χ1v) is 7.19. The summed E-state index contributed by atoms with van der Waals surface area (Å²) >= 11 is 6.04. The Hall–Kier alpha value is -0.760. The van der Waals surface area contributed by atoms with Crippen LogP contribution in [0.2, 0.25) is 0 Å². The fraction of sp³-hybridized carbons (Fsp3) is 0.643. The minimum atomic E-state index is 0.589. The molecule has 1 aliphatic carbocycles. The average Bonchev–Trinajstić information content (AvgIpc) is 2.86. The molecule has 17 heavy (non-hydrogen) atoms. The summed E-state index contributed by atoms with van der Waals surface area (Å²) in [5.74, 6) is 1.50. The molecule has 1 saturated carbocycles. The van der Waals surface area contributed by atoms with E-state index in [1.165, 1.54) is 49.9 Å². The first-order chi connectivity index (χ1) is 8.40. The first kappa shape index (κ1) is 11.3. The third-order valence-electron chi connectivity index (χ3n) is 4.33. The fourth-order valence-electron chi connectivity index (χ4n) is 3.54. The van der Waals surface area contributed by atoms with E-state index in [4.69, 9.17) is 11.6 Å². The van der Waals surface area contributed by atoms with Crippen LogP contribution in [0.5, 0.6) is 0 Å². The van der Waals surface area contributed by atoms with Gasteiger partial charge in [-0.1, -0.05) is 6.42 Å². The lowest BCUT2D eigenvalue weighted by Gasteiger charge is -2.40. The molecule has 3 heteroatoms. The summed E-state index contributed by atoms with van der Waals surface area (Å²) < 4.78 is 0. The molecule has 0 N–H and O–H groups in total. The number of fused-ring (bicyclic) bond motifs is 1. The Balaban J connectivity index is 1.91. The van der Waals surface area contributed by atoms with Crippen LogP contribution in [-0.4, -0.2) is 17.6 Å². The fourth-order valence-corrected chi connectivity index (χ4v) is 3.77. The molecule has 0 radical (unpaired) electrons. The maximum Gasteiger partial charge on any atom is 0.0600 e. The van der Waals surface area contributed by atoms with Crippen molar-refractivity contribution in [3.63, 3.8) is 0 Å². The Morgan fingerprint density at radius 3 is 3.06 bits per heavy atom. The van der Waals surface area contributed by atoms with Crippen LogP contribution in [-0.2, 0) is 5.88 Å². The maximum absolute atomic E-state index is 6.04. The lowest BCUT2D eigenvalue weighted by molar-refractivity contribution is 0.362. The standard InChI is InChI=1S/C14H19ClN2/c15-9-12-6-7-16-10-14(12)17-8-2-4-11-3-1-5-13(11)17/h6-7,10-11,13H,1-5,8-9H2. The molecule has 0 amide bonds. The van der Waals surface area contributed by atoms with Crippen LogP contribution in [0.3, 0.4) is 0 Å². The zero-order chi connectivity index (χ0) is 11.7. The van der Waals surface area contributed by atoms with E-state index in [1.807, 2.05) is 12.4 Å². The predicted octanol–water partition coefficient (Wildman–Crippen LogP) is 3.59. The highest BCUT2D eigenvalue weighted by Gasteiger charge is 2.35. The predicted molar refractivity (Wildman–Crippen MR) is 71.5 cm³/mol. The number of anilines is 1. The van der Waals surface area contributed by atoms with E-state index in [0.29, 0.717) is 5.88 Å². The van der Waals surface area contributed by atoms with E-state index < -0.39 is 0 Å². The lowest BCUT2D eigenvalue weighted by Crippen LogP contribution is -2.43. The molecule has 0 bridgehead atoms. The average molecular weight is 251 g/mol.